The van der Waals surface area contributed by atoms with Gasteiger partial charge in [0.25, 0.3) is 0 Å². The number of carboxylic acids is 1. The summed E-state index contributed by atoms with van der Waals surface area (Å²) < 4.78 is 0. The molecule has 0 aromatic heterocycles. The van der Waals surface area contributed by atoms with Crippen LogP contribution in [0.15, 0.2) is 42.5 Å². The van der Waals surface area contributed by atoms with Crippen LogP contribution in [0.2, 0.25) is 0 Å². The minimum atomic E-state index is -0.914. The summed E-state index contributed by atoms with van der Waals surface area (Å²) in [7, 11) is 0. The maximum atomic E-state index is 10.5. The Hall–Kier alpha value is -2.49. The Labute approximate surface area is 112 Å². The lowest BCUT2D eigenvalue weighted by Crippen LogP contribution is -1.99. The number of carboxylic acid groups (broad SMARTS) is 1. The molecule has 0 saturated carbocycles. The minimum absolute atomic E-state index is 0.305. The van der Waals surface area contributed by atoms with E-state index in [4.69, 9.17) is 16.6 Å². The van der Waals surface area contributed by atoms with Crippen molar-refractivity contribution in [2.75, 3.05) is 11.5 Å². The van der Waals surface area contributed by atoms with Crippen molar-refractivity contribution >= 4 is 17.3 Å². The topological polar surface area (TPSA) is 89.3 Å². The van der Waals surface area contributed by atoms with Crippen LogP contribution in [-0.4, -0.2) is 11.1 Å². The van der Waals surface area contributed by atoms with Gasteiger partial charge in [-0.2, -0.15) is 0 Å². The summed E-state index contributed by atoms with van der Waals surface area (Å²) in [5, 5.41) is 8.62. The molecule has 0 saturated heterocycles. The Morgan fingerprint density at radius 3 is 2.05 bits per heavy atom. The van der Waals surface area contributed by atoms with Crippen LogP contribution in [-0.2, 0) is 0 Å². The van der Waals surface area contributed by atoms with E-state index >= 15 is 0 Å². The molecule has 0 heterocycles. The number of hydrogen-bond donors (Lipinski definition) is 3. The first-order valence-corrected chi connectivity index (χ1v) is 5.81. The van der Waals surface area contributed by atoms with Crippen molar-refractivity contribution in [2.45, 2.75) is 13.8 Å². The van der Waals surface area contributed by atoms with Gasteiger partial charge in [0.05, 0.1) is 5.56 Å². The molecular weight excluding hydrogens is 240 g/mol. The first-order chi connectivity index (χ1) is 8.90. The average Bonchev–Trinajstić information content (AvgIpc) is 2.28. The van der Waals surface area contributed by atoms with Crippen LogP contribution < -0.4 is 11.5 Å². The molecule has 0 bridgehead atoms. The fraction of sp³-hybridized carbons (Fsp3) is 0.133. The molecule has 19 heavy (non-hydrogen) atoms. The van der Waals surface area contributed by atoms with Crippen molar-refractivity contribution in [1.82, 2.24) is 0 Å². The van der Waals surface area contributed by atoms with E-state index in [0.29, 0.717) is 16.8 Å². The van der Waals surface area contributed by atoms with E-state index in [1.807, 2.05) is 31.2 Å². The standard InChI is InChI=1S/C8H9NO2.C7H9N/c1-5-4-6(9)2-3-7(5)8(10)11;1-6-3-2-4-7(8)5-6/h2-4H,9H2,1H3,(H,10,11);2-5H,8H2,1H3. The quantitative estimate of drug-likeness (QED) is 0.686. The third kappa shape index (κ3) is 4.71. The summed E-state index contributed by atoms with van der Waals surface area (Å²) in [4.78, 5) is 10.5. The smallest absolute Gasteiger partial charge is 0.335 e. The zero-order valence-electron chi connectivity index (χ0n) is 11.1. The molecule has 5 N–H and O–H groups in total. The summed E-state index contributed by atoms with van der Waals surface area (Å²) in [5.74, 6) is -0.914. The zero-order valence-corrected chi connectivity index (χ0v) is 11.1. The predicted molar refractivity (Wildman–Crippen MR) is 78.1 cm³/mol. The van der Waals surface area contributed by atoms with Gasteiger partial charge in [-0.3, -0.25) is 0 Å². The lowest BCUT2D eigenvalue weighted by molar-refractivity contribution is 0.0696. The molecule has 0 fully saturated rings. The highest BCUT2D eigenvalue weighted by Gasteiger charge is 2.05. The Kier molecular flexibility index (Phi) is 4.94. The van der Waals surface area contributed by atoms with E-state index < -0.39 is 5.97 Å². The second-order valence-electron chi connectivity index (χ2n) is 4.29. The Balaban J connectivity index is 0.000000200. The third-order valence-corrected chi connectivity index (χ3v) is 2.52. The lowest BCUT2D eigenvalue weighted by atomic mass is 10.1. The second-order valence-corrected chi connectivity index (χ2v) is 4.29. The van der Waals surface area contributed by atoms with Crippen LogP contribution in [0, 0.1) is 13.8 Å². The number of hydrogen-bond acceptors (Lipinski definition) is 3. The predicted octanol–water partition coefficient (Wildman–Crippen LogP) is 2.85. The molecule has 2 aromatic rings. The minimum Gasteiger partial charge on any atom is -0.478 e. The van der Waals surface area contributed by atoms with Gasteiger partial charge < -0.3 is 16.6 Å². The van der Waals surface area contributed by atoms with Gasteiger partial charge in [-0.1, -0.05) is 12.1 Å². The molecular formula is C15H18N2O2. The van der Waals surface area contributed by atoms with Crippen LogP contribution in [0.5, 0.6) is 0 Å². The van der Waals surface area contributed by atoms with Crippen molar-refractivity contribution in [1.29, 1.82) is 0 Å². The number of nitrogens with two attached hydrogens (primary N) is 2. The molecule has 0 radical (unpaired) electrons. The highest BCUT2D eigenvalue weighted by atomic mass is 16.4. The molecule has 2 aromatic carbocycles. The summed E-state index contributed by atoms with van der Waals surface area (Å²) >= 11 is 0. The summed E-state index contributed by atoms with van der Waals surface area (Å²) in [5.41, 5.74) is 14.5. The van der Waals surface area contributed by atoms with Crippen LogP contribution >= 0.6 is 0 Å². The normalized spacial score (nSPS) is 9.37. The van der Waals surface area contributed by atoms with E-state index in [1.165, 1.54) is 11.6 Å². The second kappa shape index (κ2) is 6.44. The highest BCUT2D eigenvalue weighted by molar-refractivity contribution is 5.89. The SMILES string of the molecule is Cc1cc(N)ccc1C(=O)O.Cc1cccc(N)c1. The van der Waals surface area contributed by atoms with Crippen LogP contribution in [0.4, 0.5) is 11.4 Å². The Bertz CT molecular complexity index is 563. The van der Waals surface area contributed by atoms with Gasteiger partial charge in [0, 0.05) is 11.4 Å². The van der Waals surface area contributed by atoms with Crippen LogP contribution in [0.25, 0.3) is 0 Å². The van der Waals surface area contributed by atoms with Gasteiger partial charge in [-0.15, -0.1) is 0 Å². The van der Waals surface area contributed by atoms with Gasteiger partial charge in [-0.05, 0) is 55.3 Å². The first-order valence-electron chi connectivity index (χ1n) is 5.81. The molecule has 0 amide bonds. The molecule has 4 heteroatoms. The fourth-order valence-corrected chi connectivity index (χ4v) is 1.60. The van der Waals surface area contributed by atoms with E-state index in [0.717, 1.165) is 5.69 Å². The van der Waals surface area contributed by atoms with Crippen molar-refractivity contribution in [3.63, 3.8) is 0 Å². The molecule has 0 aliphatic rings. The first kappa shape index (κ1) is 14.6. The van der Waals surface area contributed by atoms with Crippen LogP contribution in [0.3, 0.4) is 0 Å². The molecule has 0 unspecified atom stereocenters. The monoisotopic (exact) mass is 258 g/mol. The van der Waals surface area contributed by atoms with Crippen molar-refractivity contribution in [2.24, 2.45) is 0 Å². The summed E-state index contributed by atoms with van der Waals surface area (Å²) in [6, 6.07) is 12.5. The molecule has 0 aliphatic carbocycles. The largest absolute Gasteiger partial charge is 0.478 e. The number of anilines is 2. The maximum Gasteiger partial charge on any atom is 0.335 e. The number of nitrogen functional groups attached to an aromatic ring is 2. The van der Waals surface area contributed by atoms with Gasteiger partial charge >= 0.3 is 5.97 Å². The Morgan fingerprint density at radius 2 is 1.63 bits per heavy atom. The van der Waals surface area contributed by atoms with E-state index in [9.17, 15) is 4.79 Å². The van der Waals surface area contributed by atoms with Gasteiger partial charge in [0.2, 0.25) is 0 Å². The molecule has 0 aliphatic heterocycles. The highest BCUT2D eigenvalue weighted by Crippen LogP contribution is 2.11. The van der Waals surface area contributed by atoms with Crippen molar-refractivity contribution in [3.8, 4) is 0 Å². The van der Waals surface area contributed by atoms with Gasteiger partial charge in [0.1, 0.15) is 0 Å². The molecule has 100 valence electrons. The average molecular weight is 258 g/mol. The molecule has 4 nitrogen and oxygen atoms in total. The van der Waals surface area contributed by atoms with Crippen molar-refractivity contribution < 1.29 is 9.90 Å². The lowest BCUT2D eigenvalue weighted by Gasteiger charge is -2.00. The summed E-state index contributed by atoms with van der Waals surface area (Å²) in [6.07, 6.45) is 0. The number of aryl methyl sites for hydroxylation is 2. The van der Waals surface area contributed by atoms with Gasteiger partial charge in [-0.25, -0.2) is 4.79 Å². The fourth-order valence-electron chi connectivity index (χ4n) is 1.60. The number of aromatic carboxylic acids is 1. The van der Waals surface area contributed by atoms with Crippen LogP contribution in [0.1, 0.15) is 21.5 Å². The van der Waals surface area contributed by atoms with E-state index in [1.54, 1.807) is 19.1 Å². The number of rotatable bonds is 1. The molecule has 0 atom stereocenters. The maximum absolute atomic E-state index is 10.5. The zero-order chi connectivity index (χ0) is 14.4. The number of benzene rings is 2. The molecule has 0 spiro atoms. The Morgan fingerprint density at radius 1 is 1.00 bits per heavy atom. The third-order valence-electron chi connectivity index (χ3n) is 2.52. The summed E-state index contributed by atoms with van der Waals surface area (Å²) in [6.45, 7) is 3.75. The molecule has 2 rings (SSSR count). The van der Waals surface area contributed by atoms with Crippen molar-refractivity contribution in [3.05, 3.63) is 59.2 Å². The van der Waals surface area contributed by atoms with Gasteiger partial charge in [0.15, 0.2) is 0 Å². The van der Waals surface area contributed by atoms with E-state index in [2.05, 4.69) is 0 Å². The van der Waals surface area contributed by atoms with E-state index in [-0.39, 0.29) is 0 Å². The number of carbonyl (C=O) groups is 1.